The zero-order valence-electron chi connectivity index (χ0n) is 19.9. The number of hydrogen-bond acceptors (Lipinski definition) is 6. The zero-order chi connectivity index (χ0) is 28.1. The Morgan fingerprint density at radius 3 is 2.37 bits per heavy atom. The van der Waals surface area contributed by atoms with Crippen LogP contribution in [0, 0.1) is 29.2 Å². The Kier molecular flexibility index (Phi) is 8.27. The van der Waals surface area contributed by atoms with E-state index in [9.17, 15) is 32.1 Å². The average Bonchev–Trinajstić information content (AvgIpc) is 3.13. The molecular weight excluding hydrogens is 519 g/mol. The van der Waals surface area contributed by atoms with Crippen molar-refractivity contribution in [2.24, 2.45) is 0 Å². The van der Waals surface area contributed by atoms with Gasteiger partial charge in [-0.15, -0.1) is 0 Å². The number of allylic oxidation sites excluding steroid dienone is 5. The van der Waals surface area contributed by atoms with E-state index < -0.39 is 27.6 Å². The third-order valence-electron chi connectivity index (χ3n) is 5.66. The Hall–Kier alpha value is -4.57. The molecule has 8 nitrogen and oxygen atoms in total. The van der Waals surface area contributed by atoms with E-state index in [4.69, 9.17) is 11.1 Å². The molecule has 194 valence electrons. The average molecular weight is 540 g/mol. The molecule has 1 aliphatic heterocycles. The molecule has 1 N–H and O–H groups in total. The summed E-state index contributed by atoms with van der Waals surface area (Å²) < 4.78 is 71.8. The Labute approximate surface area is 218 Å². The maximum atomic E-state index is 13.4. The highest BCUT2D eigenvalue weighted by atomic mass is 32.2. The Balaban J connectivity index is 2.15. The van der Waals surface area contributed by atoms with Crippen LogP contribution in [0.5, 0.6) is 0 Å². The summed E-state index contributed by atoms with van der Waals surface area (Å²) in [4.78, 5) is 6.26. The molecule has 38 heavy (non-hydrogen) atoms. The fraction of sp³-hybridized carbons (Fsp3) is 0.192. The van der Waals surface area contributed by atoms with E-state index in [2.05, 4.69) is 4.85 Å². The third kappa shape index (κ3) is 6.22. The second-order valence-electron chi connectivity index (χ2n) is 8.08. The van der Waals surface area contributed by atoms with Gasteiger partial charge in [0.2, 0.25) is 0 Å². The smallest absolute Gasteiger partial charge is 0.329 e. The second-order valence-corrected chi connectivity index (χ2v) is 9.65. The van der Waals surface area contributed by atoms with E-state index in [1.807, 2.05) is 6.07 Å². The summed E-state index contributed by atoms with van der Waals surface area (Å²) in [7, 11) is -2.71. The number of halogens is 3. The lowest BCUT2D eigenvalue weighted by atomic mass is 9.96. The number of fused-ring (bicyclic) bond motifs is 1. The fourth-order valence-corrected chi connectivity index (χ4v) is 4.46. The van der Waals surface area contributed by atoms with Crippen molar-refractivity contribution in [1.29, 1.82) is 10.5 Å². The molecule has 1 heterocycles. The topological polar surface area (TPSA) is 113 Å². The quantitative estimate of drug-likeness (QED) is 0.217. The van der Waals surface area contributed by atoms with Crippen LogP contribution in [-0.2, 0) is 16.3 Å². The third-order valence-corrected chi connectivity index (χ3v) is 6.47. The number of anilines is 2. The summed E-state index contributed by atoms with van der Waals surface area (Å²) in [6.07, 6.45) is -1.92. The summed E-state index contributed by atoms with van der Waals surface area (Å²) >= 11 is 0. The predicted octanol–water partition coefficient (Wildman–Crippen LogP) is 5.39. The van der Waals surface area contributed by atoms with Crippen molar-refractivity contribution in [1.82, 2.24) is 0 Å². The molecule has 0 unspecified atom stereocenters. The van der Waals surface area contributed by atoms with Gasteiger partial charge in [-0.3, -0.25) is 4.55 Å². The molecule has 2 aromatic carbocycles. The van der Waals surface area contributed by atoms with Gasteiger partial charge in [-0.05, 0) is 42.3 Å². The van der Waals surface area contributed by atoms with E-state index in [1.165, 1.54) is 23.1 Å². The lowest BCUT2D eigenvalue weighted by Crippen LogP contribution is -2.27. The minimum atomic E-state index is -4.61. The molecule has 3 rings (SSSR count). The highest BCUT2D eigenvalue weighted by Gasteiger charge is 2.35. The van der Waals surface area contributed by atoms with Crippen molar-refractivity contribution in [2.45, 2.75) is 12.6 Å². The van der Waals surface area contributed by atoms with Gasteiger partial charge in [0, 0.05) is 19.2 Å². The molecule has 0 radical (unpaired) electrons. The lowest BCUT2D eigenvalue weighted by Gasteiger charge is -2.23. The largest absolute Gasteiger partial charge is 0.416 e. The molecule has 0 bridgehead atoms. The normalized spacial score (nSPS) is 15.4. The van der Waals surface area contributed by atoms with E-state index in [1.54, 1.807) is 48.3 Å². The predicted molar refractivity (Wildman–Crippen MR) is 136 cm³/mol. The molecule has 1 aliphatic rings. The van der Waals surface area contributed by atoms with Crippen LogP contribution in [0.15, 0.2) is 77.8 Å². The van der Waals surface area contributed by atoms with Crippen LogP contribution >= 0.6 is 0 Å². The molecule has 0 fully saturated rings. The Bertz CT molecular complexity index is 1540. The number of hydrogen-bond donors (Lipinski definition) is 1. The number of benzene rings is 2. The minimum Gasteiger partial charge on any atom is -0.329 e. The summed E-state index contributed by atoms with van der Waals surface area (Å²) in [6.45, 7) is 7.31. The van der Waals surface area contributed by atoms with E-state index in [0.29, 0.717) is 17.1 Å². The van der Waals surface area contributed by atoms with Gasteiger partial charge in [-0.1, -0.05) is 30.3 Å². The van der Waals surface area contributed by atoms with E-state index in [0.717, 1.165) is 12.1 Å². The van der Waals surface area contributed by atoms with Crippen molar-refractivity contribution in [3.63, 3.8) is 0 Å². The van der Waals surface area contributed by atoms with E-state index in [-0.39, 0.29) is 35.5 Å². The summed E-state index contributed by atoms with van der Waals surface area (Å²) in [5.74, 6) is -0.290. The highest BCUT2D eigenvalue weighted by molar-refractivity contribution is 7.85. The van der Waals surface area contributed by atoms with Crippen molar-refractivity contribution in [3.05, 3.63) is 100 Å². The fourth-order valence-electron chi connectivity index (χ4n) is 3.97. The standard InChI is InChI=1S/C26H20F3N5O3S/c1-32-21(17-31)25(18-7-4-3-5-8-18)19(16-30)9-12-24-33(2)22-11-10-20(26(27,28)29)15-23(22)34(24)13-6-14-38(35,36)37/h3-5,7-12,15H,6,13-14H2,2H3,(H,35,36,37). The number of rotatable bonds is 7. The number of nitriles is 2. The van der Waals surface area contributed by atoms with Crippen LogP contribution < -0.4 is 9.80 Å². The molecule has 12 heteroatoms. The van der Waals surface area contributed by atoms with Gasteiger partial charge in [0.1, 0.15) is 5.82 Å². The van der Waals surface area contributed by atoms with E-state index >= 15 is 0 Å². The summed E-state index contributed by atoms with van der Waals surface area (Å²) in [5.41, 5.74) is -0.134. The van der Waals surface area contributed by atoms with Crippen molar-refractivity contribution < 1.29 is 26.1 Å². The molecule has 0 aromatic heterocycles. The van der Waals surface area contributed by atoms with Crippen molar-refractivity contribution in [3.8, 4) is 12.1 Å². The monoisotopic (exact) mass is 539 g/mol. The molecule has 0 atom stereocenters. The summed E-state index contributed by atoms with van der Waals surface area (Å²) in [6, 6.07) is 15.3. The number of nitrogens with zero attached hydrogens (tertiary/aromatic N) is 5. The SMILES string of the molecule is [C-]#[N+]C(C#N)=C(C(C#N)=CC=C1N(C)c2ccc(C(F)(F)F)cc2N1CCCS(=O)(=O)O)c1ccccc1. The van der Waals surface area contributed by atoms with Gasteiger partial charge in [0.05, 0.1) is 47.0 Å². The first-order valence-electron chi connectivity index (χ1n) is 11.0. The van der Waals surface area contributed by atoms with Gasteiger partial charge >= 0.3 is 6.18 Å². The minimum absolute atomic E-state index is 0.0329. The van der Waals surface area contributed by atoms with Gasteiger partial charge < -0.3 is 9.80 Å². The van der Waals surface area contributed by atoms with Crippen molar-refractivity contribution in [2.75, 3.05) is 29.1 Å². The Morgan fingerprint density at radius 1 is 1.13 bits per heavy atom. The maximum Gasteiger partial charge on any atom is 0.416 e. The highest BCUT2D eigenvalue weighted by Crippen LogP contribution is 2.44. The van der Waals surface area contributed by atoms with Crippen LogP contribution in [0.25, 0.3) is 10.4 Å². The molecule has 0 saturated heterocycles. The molecular formula is C26H20F3N5O3S. The molecule has 0 spiro atoms. The first kappa shape index (κ1) is 28.0. The van der Waals surface area contributed by atoms with Crippen LogP contribution in [0.2, 0.25) is 0 Å². The van der Waals surface area contributed by atoms with Gasteiger partial charge in [-0.25, -0.2) is 10.1 Å². The molecule has 0 aliphatic carbocycles. The number of alkyl halides is 3. The first-order valence-corrected chi connectivity index (χ1v) is 12.6. The van der Waals surface area contributed by atoms with Crippen LogP contribution in [0.1, 0.15) is 17.5 Å². The van der Waals surface area contributed by atoms with Gasteiger partial charge in [-0.2, -0.15) is 26.9 Å². The summed E-state index contributed by atoms with van der Waals surface area (Å²) in [5, 5.41) is 19.4. The second kappa shape index (κ2) is 11.2. The molecule has 0 saturated carbocycles. The first-order chi connectivity index (χ1) is 17.9. The van der Waals surface area contributed by atoms with Gasteiger partial charge in [0.15, 0.2) is 0 Å². The van der Waals surface area contributed by atoms with Crippen LogP contribution in [-0.4, -0.2) is 32.3 Å². The zero-order valence-corrected chi connectivity index (χ0v) is 20.8. The van der Waals surface area contributed by atoms with Crippen LogP contribution in [0.3, 0.4) is 0 Å². The van der Waals surface area contributed by atoms with Crippen LogP contribution in [0.4, 0.5) is 24.5 Å². The van der Waals surface area contributed by atoms with Gasteiger partial charge in [0.25, 0.3) is 15.8 Å². The lowest BCUT2D eigenvalue weighted by molar-refractivity contribution is -0.137. The maximum absolute atomic E-state index is 13.4. The Morgan fingerprint density at radius 2 is 1.82 bits per heavy atom. The van der Waals surface area contributed by atoms with Crippen molar-refractivity contribution >= 4 is 27.1 Å². The molecule has 0 amide bonds. The molecule has 2 aromatic rings.